The quantitative estimate of drug-likeness (QED) is 0.631. The predicted molar refractivity (Wildman–Crippen MR) is 88.1 cm³/mol. The first-order chi connectivity index (χ1) is 12.4. The van der Waals surface area contributed by atoms with Crippen LogP contribution in [-0.2, 0) is 4.79 Å². The lowest BCUT2D eigenvalue weighted by Crippen LogP contribution is -2.64. The molecule has 0 aromatic carbocycles. The van der Waals surface area contributed by atoms with E-state index >= 15 is 0 Å². The van der Waals surface area contributed by atoms with E-state index in [2.05, 4.69) is 0 Å². The Morgan fingerprint density at radius 1 is 1.04 bits per heavy atom. The van der Waals surface area contributed by atoms with Crippen LogP contribution in [0.4, 0.5) is 22.0 Å². The molecule has 1 N–H and O–H groups in total. The fourth-order valence-corrected chi connectivity index (χ4v) is 6.30. The van der Waals surface area contributed by atoms with Gasteiger partial charge < -0.3 is 5.11 Å². The maximum atomic E-state index is 14.3. The Morgan fingerprint density at radius 3 is 2.41 bits per heavy atom. The molecule has 0 aliphatic heterocycles. The van der Waals surface area contributed by atoms with Crippen molar-refractivity contribution in [3.05, 3.63) is 22.8 Å². The molecule has 0 radical (unpaired) electrons. The van der Waals surface area contributed by atoms with Crippen LogP contribution in [0.1, 0.15) is 58.3 Å². The van der Waals surface area contributed by atoms with Crippen LogP contribution in [0, 0.1) is 17.3 Å². The van der Waals surface area contributed by atoms with Crippen LogP contribution in [0.5, 0.6) is 0 Å². The lowest BCUT2D eigenvalue weighted by Gasteiger charge is -2.53. The predicted octanol–water partition coefficient (Wildman–Crippen LogP) is 5.12. The molecule has 0 aromatic rings. The van der Waals surface area contributed by atoms with Gasteiger partial charge in [-0.1, -0.05) is 12.5 Å². The summed E-state index contributed by atoms with van der Waals surface area (Å²) in [5, 5.41) is 10.7. The number of allylic oxidation sites excluding steroid dienone is 4. The average Bonchev–Trinajstić information content (AvgIpc) is 2.86. The van der Waals surface area contributed by atoms with Gasteiger partial charge in [0.2, 0.25) is 0 Å². The van der Waals surface area contributed by atoms with E-state index in [0.717, 1.165) is 16.7 Å². The molecule has 0 spiro atoms. The van der Waals surface area contributed by atoms with E-state index in [1.165, 1.54) is 6.92 Å². The summed E-state index contributed by atoms with van der Waals surface area (Å²) in [7, 11) is 0. The third kappa shape index (κ3) is 2.36. The highest BCUT2D eigenvalue weighted by molar-refractivity contribution is 5.93. The zero-order valence-corrected chi connectivity index (χ0v) is 15.1. The van der Waals surface area contributed by atoms with E-state index in [4.69, 9.17) is 0 Å². The van der Waals surface area contributed by atoms with Crippen molar-refractivity contribution in [3.8, 4) is 0 Å². The molecule has 0 bridgehead atoms. The monoisotopic (exact) mass is 390 g/mol. The molecule has 4 aliphatic carbocycles. The minimum absolute atomic E-state index is 0.0813. The second kappa shape index (κ2) is 5.65. The molecule has 4 atom stereocenters. The molecule has 1 unspecified atom stereocenters. The molecule has 0 heterocycles. The number of aliphatic hydroxyl groups is 1. The third-order valence-electron chi connectivity index (χ3n) is 7.76. The Kier molecular flexibility index (Phi) is 3.99. The van der Waals surface area contributed by atoms with E-state index in [-0.39, 0.29) is 24.5 Å². The lowest BCUT2D eigenvalue weighted by atomic mass is 9.54. The first-order valence-electron chi connectivity index (χ1n) is 9.55. The van der Waals surface area contributed by atoms with Crippen molar-refractivity contribution in [1.29, 1.82) is 0 Å². The molecule has 2 nitrogen and oxygen atoms in total. The SMILES string of the molecule is C[C@]12CCC3=C4CCC(=O)C=C4CC[C@H]3[C@@H]1CCC2(O)C(F)(F)C(F)(F)F. The van der Waals surface area contributed by atoms with Crippen molar-refractivity contribution in [3.63, 3.8) is 0 Å². The number of hydrogen-bond acceptors (Lipinski definition) is 2. The van der Waals surface area contributed by atoms with Gasteiger partial charge in [-0.2, -0.15) is 22.0 Å². The number of fused-ring (bicyclic) bond motifs is 4. The standard InChI is InChI=1S/C20H23F5O2/c1-17-8-6-14-13-5-3-12(26)10-11(13)2-4-15(14)16(17)7-9-18(17,27)19(21,22)20(23,24)25/h10,15-16,27H,2-9H2,1H3/t15-,16+,17+,18?/m1/s1. The van der Waals surface area contributed by atoms with Crippen molar-refractivity contribution >= 4 is 5.78 Å². The summed E-state index contributed by atoms with van der Waals surface area (Å²) >= 11 is 0. The van der Waals surface area contributed by atoms with Crippen molar-refractivity contribution in [2.75, 3.05) is 0 Å². The second-order valence-electron chi connectivity index (χ2n) is 8.78. The zero-order chi connectivity index (χ0) is 19.8. The summed E-state index contributed by atoms with van der Waals surface area (Å²) in [4.78, 5) is 11.7. The van der Waals surface area contributed by atoms with E-state index < -0.39 is 35.5 Å². The van der Waals surface area contributed by atoms with Crippen LogP contribution in [-0.4, -0.2) is 28.6 Å². The first kappa shape index (κ1) is 19.1. The minimum atomic E-state index is -5.77. The van der Waals surface area contributed by atoms with Crippen LogP contribution in [0.15, 0.2) is 22.8 Å². The Morgan fingerprint density at radius 2 is 1.74 bits per heavy atom. The Balaban J connectivity index is 1.74. The van der Waals surface area contributed by atoms with Gasteiger partial charge in [0.1, 0.15) is 5.60 Å². The van der Waals surface area contributed by atoms with Crippen LogP contribution >= 0.6 is 0 Å². The van der Waals surface area contributed by atoms with E-state index in [9.17, 15) is 31.9 Å². The number of rotatable bonds is 1. The topological polar surface area (TPSA) is 37.3 Å². The Hall–Kier alpha value is -1.24. The van der Waals surface area contributed by atoms with Gasteiger partial charge in [-0.3, -0.25) is 4.79 Å². The number of hydrogen-bond donors (Lipinski definition) is 1. The largest absolute Gasteiger partial charge is 0.456 e. The Labute approximate surface area is 154 Å². The fourth-order valence-electron chi connectivity index (χ4n) is 6.30. The summed E-state index contributed by atoms with van der Waals surface area (Å²) in [5.41, 5.74) is -1.30. The molecular weight excluding hydrogens is 367 g/mol. The number of ketones is 1. The van der Waals surface area contributed by atoms with Crippen molar-refractivity contribution in [2.45, 2.75) is 76.0 Å². The van der Waals surface area contributed by atoms with Crippen LogP contribution in [0.2, 0.25) is 0 Å². The highest BCUT2D eigenvalue weighted by atomic mass is 19.4. The molecule has 4 aliphatic rings. The highest BCUT2D eigenvalue weighted by Gasteiger charge is 2.78. The van der Waals surface area contributed by atoms with Gasteiger partial charge in [0.05, 0.1) is 0 Å². The van der Waals surface area contributed by atoms with Crippen LogP contribution < -0.4 is 0 Å². The normalized spacial score (nSPS) is 39.7. The molecule has 7 heteroatoms. The van der Waals surface area contributed by atoms with Gasteiger partial charge in [0.15, 0.2) is 5.78 Å². The zero-order valence-electron chi connectivity index (χ0n) is 15.1. The Bertz CT molecular complexity index is 750. The second-order valence-corrected chi connectivity index (χ2v) is 8.78. The van der Waals surface area contributed by atoms with Crippen molar-refractivity contribution < 1.29 is 31.9 Å². The lowest BCUT2D eigenvalue weighted by molar-refractivity contribution is -0.362. The van der Waals surface area contributed by atoms with Gasteiger partial charge in [-0.25, -0.2) is 0 Å². The maximum absolute atomic E-state index is 14.3. The van der Waals surface area contributed by atoms with Gasteiger partial charge in [-0.05, 0) is 74.0 Å². The molecule has 150 valence electrons. The van der Waals surface area contributed by atoms with Gasteiger partial charge in [-0.15, -0.1) is 0 Å². The summed E-state index contributed by atoms with van der Waals surface area (Å²) in [5.74, 6) is -5.52. The summed E-state index contributed by atoms with van der Waals surface area (Å²) < 4.78 is 68.0. The average molecular weight is 390 g/mol. The smallest absolute Gasteiger partial charge is 0.383 e. The number of alkyl halides is 5. The van der Waals surface area contributed by atoms with Crippen molar-refractivity contribution in [2.24, 2.45) is 17.3 Å². The molecule has 0 saturated heterocycles. The van der Waals surface area contributed by atoms with Crippen LogP contribution in [0.25, 0.3) is 0 Å². The summed E-state index contributed by atoms with van der Waals surface area (Å²) in [6.07, 6.45) is -1.62. The number of carbonyl (C=O) groups is 1. The summed E-state index contributed by atoms with van der Waals surface area (Å²) in [6, 6.07) is 0. The van der Waals surface area contributed by atoms with Gasteiger partial charge in [0.25, 0.3) is 0 Å². The van der Waals surface area contributed by atoms with E-state index in [0.29, 0.717) is 32.1 Å². The molecule has 2 fully saturated rings. The van der Waals surface area contributed by atoms with Gasteiger partial charge >= 0.3 is 12.1 Å². The van der Waals surface area contributed by atoms with Crippen molar-refractivity contribution in [1.82, 2.24) is 0 Å². The molecule has 2 saturated carbocycles. The number of halogens is 5. The summed E-state index contributed by atoms with van der Waals surface area (Å²) in [6.45, 7) is 1.42. The van der Waals surface area contributed by atoms with E-state index in [1.807, 2.05) is 0 Å². The number of carbonyl (C=O) groups excluding carboxylic acids is 1. The molecular formula is C20H23F5O2. The van der Waals surface area contributed by atoms with Crippen LogP contribution in [0.3, 0.4) is 0 Å². The molecule has 0 amide bonds. The van der Waals surface area contributed by atoms with E-state index in [1.54, 1.807) is 6.08 Å². The maximum Gasteiger partial charge on any atom is 0.456 e. The fraction of sp³-hybridized carbons (Fsp3) is 0.750. The first-order valence-corrected chi connectivity index (χ1v) is 9.55. The highest BCUT2D eigenvalue weighted by Crippen LogP contribution is 2.68. The molecule has 27 heavy (non-hydrogen) atoms. The molecule has 4 rings (SSSR count). The van der Waals surface area contributed by atoms with Gasteiger partial charge in [0, 0.05) is 11.8 Å². The molecule has 0 aromatic heterocycles. The minimum Gasteiger partial charge on any atom is -0.383 e. The third-order valence-corrected chi connectivity index (χ3v) is 7.76.